The number of hydrogen-bond donors (Lipinski definition) is 2. The normalized spacial score (nSPS) is 31.5. The Bertz CT molecular complexity index is 339. The van der Waals surface area contributed by atoms with Gasteiger partial charge in [-0.15, -0.1) is 0 Å². The molecule has 2 heteroatoms. The Morgan fingerprint density at radius 3 is 2.59 bits per heavy atom. The fraction of sp³-hybridized carbons (Fsp3) is 0.600. The summed E-state index contributed by atoms with van der Waals surface area (Å²) in [6.45, 7) is 9.96. The average molecular weight is 236 g/mol. The lowest BCUT2D eigenvalue weighted by Crippen LogP contribution is -2.25. The van der Waals surface area contributed by atoms with Gasteiger partial charge in [0.15, 0.2) is 0 Å². The predicted molar refractivity (Wildman–Crippen MR) is 71.7 cm³/mol. The summed E-state index contributed by atoms with van der Waals surface area (Å²) < 4.78 is 0. The van der Waals surface area contributed by atoms with Crippen molar-refractivity contribution in [3.63, 3.8) is 0 Å². The number of hydrogen-bond acceptors (Lipinski definition) is 2. The Labute approximate surface area is 104 Å². The van der Waals surface area contributed by atoms with Crippen LogP contribution in [0.3, 0.4) is 0 Å². The third-order valence-electron chi connectivity index (χ3n) is 3.55. The first-order chi connectivity index (χ1) is 7.91. The molecule has 0 saturated heterocycles. The van der Waals surface area contributed by atoms with Crippen molar-refractivity contribution in [2.45, 2.75) is 52.2 Å². The highest BCUT2D eigenvalue weighted by Gasteiger charge is 2.18. The van der Waals surface area contributed by atoms with Crippen LogP contribution >= 0.6 is 0 Å². The second-order valence-electron chi connectivity index (χ2n) is 5.21. The van der Waals surface area contributed by atoms with Crippen LogP contribution in [0.1, 0.15) is 40.0 Å². The number of rotatable bonds is 1. The minimum atomic E-state index is -0.785. The van der Waals surface area contributed by atoms with Crippen LogP contribution in [-0.4, -0.2) is 22.4 Å². The summed E-state index contributed by atoms with van der Waals surface area (Å²) in [5, 5.41) is 19.8. The van der Waals surface area contributed by atoms with Crippen LogP contribution in [0.15, 0.2) is 35.5 Å². The van der Waals surface area contributed by atoms with Crippen molar-refractivity contribution in [3.8, 4) is 0 Å². The Morgan fingerprint density at radius 2 is 2.00 bits per heavy atom. The maximum atomic E-state index is 9.93. The van der Waals surface area contributed by atoms with Crippen molar-refractivity contribution in [1.82, 2.24) is 0 Å². The highest BCUT2D eigenvalue weighted by molar-refractivity contribution is 5.16. The molecular weight excluding hydrogens is 212 g/mol. The van der Waals surface area contributed by atoms with Crippen LogP contribution in [-0.2, 0) is 0 Å². The van der Waals surface area contributed by atoms with E-state index in [4.69, 9.17) is 0 Å². The molecule has 0 fully saturated rings. The summed E-state index contributed by atoms with van der Waals surface area (Å²) in [5.41, 5.74) is 3.17. The zero-order chi connectivity index (χ0) is 13.0. The van der Waals surface area contributed by atoms with E-state index in [9.17, 15) is 10.2 Å². The van der Waals surface area contributed by atoms with Crippen molar-refractivity contribution in [3.05, 3.63) is 35.5 Å². The smallest absolute Gasteiger partial charge is 0.104 e. The van der Waals surface area contributed by atoms with Gasteiger partial charge in [-0.05, 0) is 51.5 Å². The summed E-state index contributed by atoms with van der Waals surface area (Å²) in [4.78, 5) is 0. The molecule has 0 bridgehead atoms. The monoisotopic (exact) mass is 236 g/mol. The van der Waals surface area contributed by atoms with Gasteiger partial charge in [0.2, 0.25) is 0 Å². The first-order valence-electron chi connectivity index (χ1n) is 6.27. The topological polar surface area (TPSA) is 40.5 Å². The van der Waals surface area contributed by atoms with E-state index in [2.05, 4.69) is 13.5 Å². The molecule has 1 aliphatic rings. The summed E-state index contributed by atoms with van der Waals surface area (Å²) in [5.74, 6) is 0.468. The van der Waals surface area contributed by atoms with E-state index in [1.807, 2.05) is 19.9 Å². The molecular formula is C15H24O2. The molecule has 0 radical (unpaired) electrons. The molecule has 2 N–H and O–H groups in total. The van der Waals surface area contributed by atoms with Gasteiger partial charge in [0, 0.05) is 0 Å². The molecule has 1 rings (SSSR count). The van der Waals surface area contributed by atoms with Gasteiger partial charge in [-0.3, -0.25) is 0 Å². The van der Waals surface area contributed by atoms with Crippen LogP contribution in [0, 0.1) is 5.92 Å². The highest BCUT2D eigenvalue weighted by Crippen LogP contribution is 2.25. The quantitative estimate of drug-likeness (QED) is 0.687. The Balaban J connectivity index is 2.91. The predicted octanol–water partition coefficient (Wildman–Crippen LogP) is 2.98. The molecule has 0 heterocycles. The first-order valence-corrected chi connectivity index (χ1v) is 6.27. The summed E-state index contributed by atoms with van der Waals surface area (Å²) in [6.07, 6.45) is 5.14. The summed E-state index contributed by atoms with van der Waals surface area (Å²) >= 11 is 0. The lowest BCUT2D eigenvalue weighted by atomic mass is 9.88. The number of aliphatic hydroxyl groups is 2. The molecule has 17 heavy (non-hydrogen) atoms. The fourth-order valence-corrected chi connectivity index (χ4v) is 2.15. The van der Waals surface area contributed by atoms with Gasteiger partial charge in [0.05, 0.1) is 0 Å². The molecule has 0 spiro atoms. The SMILES string of the molecule is C=C(C)C1CC=C(C)C(O)C(O)C=C(C)CC1. The van der Waals surface area contributed by atoms with Crippen molar-refractivity contribution in [2.24, 2.45) is 5.92 Å². The maximum Gasteiger partial charge on any atom is 0.104 e. The Morgan fingerprint density at radius 1 is 1.35 bits per heavy atom. The zero-order valence-corrected chi connectivity index (χ0v) is 11.1. The molecule has 0 aromatic rings. The molecule has 3 unspecified atom stereocenters. The van der Waals surface area contributed by atoms with E-state index in [0.717, 1.165) is 30.4 Å². The molecule has 0 aromatic heterocycles. The molecule has 0 amide bonds. The van der Waals surface area contributed by atoms with E-state index < -0.39 is 12.2 Å². The Hall–Kier alpha value is -0.860. The molecule has 0 aromatic carbocycles. The minimum Gasteiger partial charge on any atom is -0.386 e. The molecule has 3 atom stereocenters. The summed E-state index contributed by atoms with van der Waals surface area (Å²) in [6, 6.07) is 0. The lowest BCUT2D eigenvalue weighted by Gasteiger charge is -2.21. The third-order valence-corrected chi connectivity index (χ3v) is 3.55. The van der Waals surface area contributed by atoms with E-state index >= 15 is 0 Å². The van der Waals surface area contributed by atoms with Gasteiger partial charge in [-0.25, -0.2) is 0 Å². The van der Waals surface area contributed by atoms with Crippen molar-refractivity contribution < 1.29 is 10.2 Å². The largest absolute Gasteiger partial charge is 0.386 e. The lowest BCUT2D eigenvalue weighted by molar-refractivity contribution is 0.0721. The van der Waals surface area contributed by atoms with E-state index in [1.165, 1.54) is 5.57 Å². The molecule has 0 aliphatic heterocycles. The van der Waals surface area contributed by atoms with Crippen LogP contribution in [0.5, 0.6) is 0 Å². The fourth-order valence-electron chi connectivity index (χ4n) is 2.15. The van der Waals surface area contributed by atoms with Crippen molar-refractivity contribution >= 4 is 0 Å². The van der Waals surface area contributed by atoms with E-state index in [-0.39, 0.29) is 0 Å². The second-order valence-corrected chi connectivity index (χ2v) is 5.21. The maximum absolute atomic E-state index is 9.93. The van der Waals surface area contributed by atoms with Crippen LogP contribution in [0.25, 0.3) is 0 Å². The van der Waals surface area contributed by atoms with E-state index in [0.29, 0.717) is 5.92 Å². The third kappa shape index (κ3) is 4.14. The molecule has 96 valence electrons. The number of allylic oxidation sites excluding steroid dienone is 3. The van der Waals surface area contributed by atoms with Gasteiger partial charge in [0.1, 0.15) is 12.2 Å². The van der Waals surface area contributed by atoms with Gasteiger partial charge in [-0.1, -0.05) is 29.9 Å². The van der Waals surface area contributed by atoms with Crippen molar-refractivity contribution in [1.29, 1.82) is 0 Å². The highest BCUT2D eigenvalue weighted by atomic mass is 16.3. The average Bonchev–Trinajstić information content (AvgIpc) is 2.25. The van der Waals surface area contributed by atoms with Gasteiger partial charge in [-0.2, -0.15) is 0 Å². The second kappa shape index (κ2) is 6.18. The molecule has 1 aliphatic carbocycles. The number of aliphatic hydroxyl groups excluding tert-OH is 2. The van der Waals surface area contributed by atoms with Crippen LogP contribution in [0.4, 0.5) is 0 Å². The first kappa shape index (κ1) is 14.2. The Kier molecular flexibility index (Phi) is 5.16. The molecule has 0 saturated carbocycles. The van der Waals surface area contributed by atoms with Crippen LogP contribution in [0.2, 0.25) is 0 Å². The van der Waals surface area contributed by atoms with Crippen LogP contribution < -0.4 is 0 Å². The van der Waals surface area contributed by atoms with Gasteiger partial charge >= 0.3 is 0 Å². The summed E-state index contributed by atoms with van der Waals surface area (Å²) in [7, 11) is 0. The standard InChI is InChI=1S/C15H24O2/c1-10(2)13-7-5-11(3)9-14(16)15(17)12(4)6-8-13/h6,9,13-17H,1,5,7-8H2,2-4H3. The van der Waals surface area contributed by atoms with Gasteiger partial charge in [0.25, 0.3) is 0 Å². The van der Waals surface area contributed by atoms with Crippen molar-refractivity contribution in [2.75, 3.05) is 0 Å². The van der Waals surface area contributed by atoms with E-state index in [1.54, 1.807) is 6.08 Å². The zero-order valence-electron chi connectivity index (χ0n) is 11.1. The van der Waals surface area contributed by atoms with Gasteiger partial charge < -0.3 is 10.2 Å². The molecule has 2 nitrogen and oxygen atoms in total. The minimum absolute atomic E-state index is 0.468.